The average molecular weight is 379 g/mol. The molecule has 0 bridgehead atoms. The van der Waals surface area contributed by atoms with Crippen LogP contribution < -0.4 is 10.0 Å². The largest absolute Gasteiger partial charge is 0.480 e. The molecule has 0 radical (unpaired) electrons. The van der Waals surface area contributed by atoms with Crippen molar-refractivity contribution in [2.24, 2.45) is 0 Å². The van der Waals surface area contributed by atoms with Crippen LogP contribution in [0.2, 0.25) is 0 Å². The third-order valence-electron chi connectivity index (χ3n) is 3.50. The number of nitrogens with zero attached hydrogens (tertiary/aromatic N) is 1. The Morgan fingerprint density at radius 2 is 1.69 bits per heavy atom. The van der Waals surface area contributed by atoms with E-state index in [0.29, 0.717) is 5.56 Å². The van der Waals surface area contributed by atoms with Crippen LogP contribution in [0.1, 0.15) is 11.6 Å². The van der Waals surface area contributed by atoms with Gasteiger partial charge in [-0.25, -0.2) is 13.1 Å². The van der Waals surface area contributed by atoms with E-state index < -0.39 is 37.5 Å². The van der Waals surface area contributed by atoms with Gasteiger partial charge in [-0.05, 0) is 11.6 Å². The summed E-state index contributed by atoms with van der Waals surface area (Å²) >= 11 is 0. The van der Waals surface area contributed by atoms with Crippen molar-refractivity contribution in [1.82, 2.24) is 10.0 Å². The molecule has 0 aliphatic carbocycles. The van der Waals surface area contributed by atoms with E-state index in [-0.39, 0.29) is 13.1 Å². The second-order valence-electron chi connectivity index (χ2n) is 5.26. The van der Waals surface area contributed by atoms with E-state index in [4.69, 9.17) is 0 Å². The fourth-order valence-corrected chi connectivity index (χ4v) is 3.51. The highest BCUT2D eigenvalue weighted by Gasteiger charge is 2.25. The van der Waals surface area contributed by atoms with Crippen molar-refractivity contribution in [2.75, 3.05) is 13.1 Å². The van der Waals surface area contributed by atoms with Crippen LogP contribution in [0.3, 0.4) is 0 Å². The molecule has 0 amide bonds. The Balaban J connectivity index is 2.01. The molecule has 0 aliphatic rings. The first-order valence-electron chi connectivity index (χ1n) is 7.57. The van der Waals surface area contributed by atoms with Gasteiger partial charge in [0.1, 0.15) is 6.04 Å². The molecule has 0 aliphatic heterocycles. The maximum Gasteiger partial charge on any atom is 0.325 e. The number of rotatable bonds is 9. The molecule has 0 fully saturated rings. The maximum absolute atomic E-state index is 12.2. The number of sulfonamides is 1. The first-order valence-corrected chi connectivity index (χ1v) is 9.05. The number of carboxylic acids is 1. The van der Waals surface area contributed by atoms with Crippen LogP contribution in [0.15, 0.2) is 59.5 Å². The van der Waals surface area contributed by atoms with Crippen LogP contribution in [-0.4, -0.2) is 37.5 Å². The molecule has 9 nitrogen and oxygen atoms in total. The molecule has 0 saturated carbocycles. The fraction of sp³-hybridized carbons (Fsp3) is 0.188. The molecular weight excluding hydrogens is 362 g/mol. The van der Waals surface area contributed by atoms with Crippen LogP contribution in [-0.2, 0) is 14.8 Å². The summed E-state index contributed by atoms with van der Waals surface area (Å²) in [5.74, 6) is -1.10. The topological polar surface area (TPSA) is 139 Å². The van der Waals surface area contributed by atoms with Crippen molar-refractivity contribution in [3.8, 4) is 0 Å². The summed E-state index contributed by atoms with van der Waals surface area (Å²) in [6.45, 7) is -0.114. The van der Waals surface area contributed by atoms with Gasteiger partial charge in [0.15, 0.2) is 4.90 Å². The molecule has 2 aromatic rings. The molecule has 1 atom stereocenters. The van der Waals surface area contributed by atoms with E-state index in [9.17, 15) is 28.4 Å². The predicted molar refractivity (Wildman–Crippen MR) is 93.1 cm³/mol. The van der Waals surface area contributed by atoms with Gasteiger partial charge >= 0.3 is 5.97 Å². The van der Waals surface area contributed by atoms with Crippen molar-refractivity contribution < 1.29 is 23.2 Å². The molecule has 0 aromatic heterocycles. The van der Waals surface area contributed by atoms with Gasteiger partial charge in [-0.3, -0.25) is 20.2 Å². The van der Waals surface area contributed by atoms with Crippen molar-refractivity contribution in [2.45, 2.75) is 10.9 Å². The third kappa shape index (κ3) is 4.85. The zero-order valence-electron chi connectivity index (χ0n) is 13.5. The summed E-state index contributed by atoms with van der Waals surface area (Å²) in [6.07, 6.45) is 0. The summed E-state index contributed by atoms with van der Waals surface area (Å²) in [6, 6.07) is 12.4. The number of nitrogens with one attached hydrogen (secondary N) is 2. The van der Waals surface area contributed by atoms with E-state index in [1.54, 1.807) is 30.3 Å². The number of benzene rings is 2. The van der Waals surface area contributed by atoms with Crippen molar-refractivity contribution in [3.63, 3.8) is 0 Å². The molecular formula is C16H17N3O6S. The summed E-state index contributed by atoms with van der Waals surface area (Å²) in [7, 11) is -4.10. The molecule has 2 rings (SSSR count). The average Bonchev–Trinajstić information content (AvgIpc) is 2.62. The number of carbonyl (C=O) groups is 1. The van der Waals surface area contributed by atoms with E-state index in [1.165, 1.54) is 12.1 Å². The van der Waals surface area contributed by atoms with E-state index in [2.05, 4.69) is 10.0 Å². The summed E-state index contributed by atoms with van der Waals surface area (Å²) in [5, 5.41) is 23.0. The molecule has 1 unspecified atom stereocenters. The van der Waals surface area contributed by atoms with Crippen LogP contribution in [0, 0.1) is 10.1 Å². The van der Waals surface area contributed by atoms with Crippen LogP contribution >= 0.6 is 0 Å². The van der Waals surface area contributed by atoms with Gasteiger partial charge in [0.25, 0.3) is 5.69 Å². The van der Waals surface area contributed by atoms with Crippen LogP contribution in [0.4, 0.5) is 5.69 Å². The summed E-state index contributed by atoms with van der Waals surface area (Å²) < 4.78 is 26.7. The highest BCUT2D eigenvalue weighted by atomic mass is 32.2. The third-order valence-corrected chi connectivity index (χ3v) is 5.01. The quantitative estimate of drug-likeness (QED) is 0.339. The highest BCUT2D eigenvalue weighted by Crippen LogP contribution is 2.22. The Bertz CT molecular complexity index is 886. The Hall–Kier alpha value is -2.82. The van der Waals surface area contributed by atoms with Gasteiger partial charge in [-0.1, -0.05) is 42.5 Å². The van der Waals surface area contributed by atoms with Gasteiger partial charge in [0.05, 0.1) is 4.92 Å². The standard InChI is InChI=1S/C16H17N3O6S/c20-16(21)15(12-6-2-1-3-7-12)17-10-11-18-26(24,25)14-9-5-4-8-13(14)19(22)23/h1-9,15,17-18H,10-11H2,(H,20,21). The minimum Gasteiger partial charge on any atom is -0.480 e. The summed E-state index contributed by atoms with van der Waals surface area (Å²) in [5.41, 5.74) is 0.00205. The molecule has 10 heteroatoms. The normalized spacial score (nSPS) is 12.5. The van der Waals surface area contributed by atoms with Gasteiger partial charge in [-0.15, -0.1) is 0 Å². The van der Waals surface area contributed by atoms with E-state index in [1.807, 2.05) is 0 Å². The molecule has 3 N–H and O–H groups in total. The first kappa shape index (κ1) is 19.5. The zero-order valence-corrected chi connectivity index (χ0v) is 14.3. The molecule has 26 heavy (non-hydrogen) atoms. The van der Waals surface area contributed by atoms with Crippen molar-refractivity contribution >= 4 is 21.7 Å². The Morgan fingerprint density at radius 3 is 2.31 bits per heavy atom. The lowest BCUT2D eigenvalue weighted by Crippen LogP contribution is -2.36. The summed E-state index contributed by atoms with van der Waals surface area (Å²) in [4.78, 5) is 21.1. The molecule has 2 aromatic carbocycles. The molecule has 0 heterocycles. The minimum atomic E-state index is -4.10. The number of carboxylic acid groups (broad SMARTS) is 1. The Morgan fingerprint density at radius 1 is 1.08 bits per heavy atom. The molecule has 0 spiro atoms. The minimum absolute atomic E-state index is 0.0196. The second kappa shape index (κ2) is 8.52. The van der Waals surface area contributed by atoms with Crippen molar-refractivity contribution in [3.05, 3.63) is 70.3 Å². The van der Waals surface area contributed by atoms with Gasteiger partial charge < -0.3 is 5.11 Å². The number of aliphatic carboxylic acids is 1. The zero-order chi connectivity index (χ0) is 19.2. The van der Waals surface area contributed by atoms with Crippen LogP contribution in [0.25, 0.3) is 0 Å². The number of hydrogen-bond donors (Lipinski definition) is 3. The lowest BCUT2D eigenvalue weighted by atomic mass is 10.1. The molecule has 0 saturated heterocycles. The number of nitro groups is 1. The van der Waals surface area contributed by atoms with Crippen molar-refractivity contribution in [1.29, 1.82) is 0 Å². The first-order chi connectivity index (χ1) is 12.3. The predicted octanol–water partition coefficient (Wildman–Crippen LogP) is 1.29. The fourth-order valence-electron chi connectivity index (χ4n) is 2.31. The highest BCUT2D eigenvalue weighted by molar-refractivity contribution is 7.89. The maximum atomic E-state index is 12.2. The van der Waals surface area contributed by atoms with E-state index >= 15 is 0 Å². The monoisotopic (exact) mass is 379 g/mol. The Kier molecular flexibility index (Phi) is 6.39. The number of hydrogen-bond acceptors (Lipinski definition) is 6. The number of para-hydroxylation sites is 1. The molecule has 138 valence electrons. The van der Waals surface area contributed by atoms with Gasteiger partial charge in [0.2, 0.25) is 10.0 Å². The van der Waals surface area contributed by atoms with Crippen LogP contribution in [0.5, 0.6) is 0 Å². The Labute approximate surface area is 149 Å². The number of nitro benzene ring substituents is 1. The van der Waals surface area contributed by atoms with Gasteiger partial charge in [0, 0.05) is 19.2 Å². The van der Waals surface area contributed by atoms with Gasteiger partial charge in [-0.2, -0.15) is 0 Å². The lowest BCUT2D eigenvalue weighted by molar-refractivity contribution is -0.387. The lowest BCUT2D eigenvalue weighted by Gasteiger charge is -2.15. The van der Waals surface area contributed by atoms with E-state index in [0.717, 1.165) is 12.1 Å². The SMILES string of the molecule is O=C(O)C(NCCNS(=O)(=O)c1ccccc1[N+](=O)[O-])c1ccccc1. The second-order valence-corrected chi connectivity index (χ2v) is 6.99. The smallest absolute Gasteiger partial charge is 0.325 e.